The molecular formula is C10H9Cl2F3N2O2S. The van der Waals surface area contributed by atoms with Crippen LogP contribution in [0.1, 0.15) is 12.8 Å². The summed E-state index contributed by atoms with van der Waals surface area (Å²) >= 11 is 11.3. The maximum Gasteiger partial charge on any atom is 0.407 e. The molecule has 112 valence electrons. The van der Waals surface area contributed by atoms with Crippen LogP contribution in [0.5, 0.6) is 0 Å². The fourth-order valence-electron chi connectivity index (χ4n) is 1.74. The van der Waals surface area contributed by atoms with Crippen LogP contribution in [-0.2, 0) is 10.0 Å². The minimum absolute atomic E-state index is 0.0865. The van der Waals surface area contributed by atoms with Crippen molar-refractivity contribution in [2.45, 2.75) is 29.5 Å². The van der Waals surface area contributed by atoms with Gasteiger partial charge in [-0.05, 0) is 25.0 Å². The second kappa shape index (κ2) is 4.66. The second-order valence-electron chi connectivity index (χ2n) is 4.49. The number of rotatable bonds is 3. The predicted molar refractivity (Wildman–Crippen MR) is 69.2 cm³/mol. The Morgan fingerprint density at radius 1 is 1.25 bits per heavy atom. The molecule has 0 amide bonds. The molecular weight excluding hydrogens is 340 g/mol. The first-order valence-corrected chi connectivity index (χ1v) is 7.58. The van der Waals surface area contributed by atoms with Crippen molar-refractivity contribution in [3.05, 3.63) is 22.2 Å². The van der Waals surface area contributed by atoms with E-state index in [-0.39, 0.29) is 28.6 Å². The van der Waals surface area contributed by atoms with E-state index in [9.17, 15) is 21.6 Å². The molecule has 0 spiro atoms. The zero-order chi connectivity index (χ0) is 15.3. The Morgan fingerprint density at radius 3 is 2.20 bits per heavy atom. The van der Waals surface area contributed by atoms with Crippen molar-refractivity contribution in [1.29, 1.82) is 0 Å². The minimum atomic E-state index is -4.67. The van der Waals surface area contributed by atoms with Gasteiger partial charge in [0.1, 0.15) is 10.4 Å². The van der Waals surface area contributed by atoms with Gasteiger partial charge in [-0.1, -0.05) is 23.2 Å². The van der Waals surface area contributed by atoms with E-state index in [0.29, 0.717) is 0 Å². The van der Waals surface area contributed by atoms with Gasteiger partial charge in [0.05, 0.1) is 10.7 Å². The lowest BCUT2D eigenvalue weighted by Crippen LogP contribution is -2.47. The molecule has 1 aliphatic carbocycles. The van der Waals surface area contributed by atoms with Gasteiger partial charge in [-0.25, -0.2) is 8.42 Å². The van der Waals surface area contributed by atoms with Gasteiger partial charge in [-0.3, -0.25) is 0 Å². The third-order valence-electron chi connectivity index (χ3n) is 2.93. The maximum atomic E-state index is 12.8. The third-order valence-corrected chi connectivity index (χ3v) is 5.21. The smallest absolute Gasteiger partial charge is 0.398 e. The van der Waals surface area contributed by atoms with E-state index in [4.69, 9.17) is 28.9 Å². The van der Waals surface area contributed by atoms with Crippen LogP contribution in [0.3, 0.4) is 0 Å². The van der Waals surface area contributed by atoms with Gasteiger partial charge in [-0.2, -0.15) is 17.9 Å². The highest BCUT2D eigenvalue weighted by molar-refractivity contribution is 7.89. The molecule has 2 rings (SSSR count). The zero-order valence-corrected chi connectivity index (χ0v) is 12.1. The predicted octanol–water partition coefficient (Wildman–Crippen LogP) is 2.95. The van der Waals surface area contributed by atoms with Gasteiger partial charge in [-0.15, -0.1) is 0 Å². The number of anilines is 1. The number of hydrogen-bond donors (Lipinski definition) is 2. The van der Waals surface area contributed by atoms with Gasteiger partial charge in [0, 0.05) is 5.02 Å². The van der Waals surface area contributed by atoms with Crippen molar-refractivity contribution in [2.24, 2.45) is 0 Å². The number of nitrogen functional groups attached to an aromatic ring is 1. The van der Waals surface area contributed by atoms with Gasteiger partial charge in [0.2, 0.25) is 10.0 Å². The number of alkyl halides is 3. The Kier molecular flexibility index (Phi) is 3.65. The minimum Gasteiger partial charge on any atom is -0.398 e. The Hall–Kier alpha value is -0.700. The number of sulfonamides is 1. The van der Waals surface area contributed by atoms with Crippen molar-refractivity contribution in [3.8, 4) is 0 Å². The van der Waals surface area contributed by atoms with Crippen molar-refractivity contribution < 1.29 is 21.6 Å². The standard InChI is InChI=1S/C10H9Cl2F3N2O2S/c11-5-3-6(12)8(7(16)4-5)20(18,19)17-9(1-2-9)10(13,14)15/h3-4,17H,1-2,16H2. The van der Waals surface area contributed by atoms with Crippen molar-refractivity contribution in [1.82, 2.24) is 4.72 Å². The Balaban J connectivity index is 2.43. The molecule has 1 aromatic carbocycles. The molecule has 0 aromatic heterocycles. The lowest BCUT2D eigenvalue weighted by Gasteiger charge is -2.21. The van der Waals surface area contributed by atoms with Gasteiger partial charge in [0.15, 0.2) is 0 Å². The van der Waals surface area contributed by atoms with Gasteiger partial charge < -0.3 is 5.73 Å². The van der Waals surface area contributed by atoms with Crippen LogP contribution >= 0.6 is 23.2 Å². The van der Waals surface area contributed by atoms with Crippen molar-refractivity contribution in [3.63, 3.8) is 0 Å². The van der Waals surface area contributed by atoms with Crippen molar-refractivity contribution in [2.75, 3.05) is 5.73 Å². The van der Waals surface area contributed by atoms with Crippen LogP contribution in [-0.4, -0.2) is 20.1 Å². The summed E-state index contributed by atoms with van der Waals surface area (Å²) in [7, 11) is -4.50. The summed E-state index contributed by atoms with van der Waals surface area (Å²) in [5, 5.41) is -0.246. The average molecular weight is 349 g/mol. The monoisotopic (exact) mass is 348 g/mol. The normalized spacial score (nSPS) is 18.1. The Morgan fingerprint density at radius 2 is 1.80 bits per heavy atom. The third kappa shape index (κ3) is 2.69. The molecule has 20 heavy (non-hydrogen) atoms. The first-order valence-electron chi connectivity index (χ1n) is 5.34. The molecule has 10 heteroatoms. The number of hydrogen-bond acceptors (Lipinski definition) is 3. The van der Waals surface area contributed by atoms with Crippen LogP contribution in [0.25, 0.3) is 0 Å². The van der Waals surface area contributed by atoms with Crippen LogP contribution in [0.15, 0.2) is 17.0 Å². The number of benzene rings is 1. The van der Waals surface area contributed by atoms with Crippen LogP contribution in [0.2, 0.25) is 10.0 Å². The van der Waals surface area contributed by atoms with Crippen molar-refractivity contribution >= 4 is 38.9 Å². The highest BCUT2D eigenvalue weighted by atomic mass is 35.5. The summed E-state index contributed by atoms with van der Waals surface area (Å²) in [6, 6.07) is 2.20. The summed E-state index contributed by atoms with van der Waals surface area (Å²) in [6.45, 7) is 0. The Bertz CT molecular complexity index is 634. The molecule has 0 atom stereocenters. The van der Waals surface area contributed by atoms with E-state index < -0.39 is 26.6 Å². The van der Waals surface area contributed by atoms with Gasteiger partial charge in [0.25, 0.3) is 0 Å². The summed E-state index contributed by atoms with van der Waals surface area (Å²) in [4.78, 5) is -0.598. The molecule has 1 aliphatic rings. The molecule has 0 heterocycles. The zero-order valence-electron chi connectivity index (χ0n) is 9.76. The molecule has 1 aromatic rings. The number of halogens is 5. The lowest BCUT2D eigenvalue weighted by atomic mass is 10.3. The van der Waals surface area contributed by atoms with Crippen LogP contribution in [0.4, 0.5) is 18.9 Å². The SMILES string of the molecule is Nc1cc(Cl)cc(Cl)c1S(=O)(=O)NC1(C(F)(F)F)CC1. The fourth-order valence-corrected chi connectivity index (χ4v) is 4.18. The Labute approximate surface area is 123 Å². The second-order valence-corrected chi connectivity index (χ2v) is 6.95. The molecule has 0 bridgehead atoms. The molecule has 0 unspecified atom stereocenters. The number of nitrogens with one attached hydrogen (secondary N) is 1. The molecule has 1 saturated carbocycles. The van der Waals surface area contributed by atoms with E-state index in [2.05, 4.69) is 0 Å². The first-order chi connectivity index (χ1) is 8.98. The van der Waals surface area contributed by atoms with Crippen LogP contribution in [0, 0.1) is 0 Å². The highest BCUT2D eigenvalue weighted by Crippen LogP contribution is 2.50. The average Bonchev–Trinajstić information content (AvgIpc) is 2.93. The molecule has 0 saturated heterocycles. The summed E-state index contributed by atoms with van der Waals surface area (Å²) in [5.41, 5.74) is 2.75. The highest BCUT2D eigenvalue weighted by Gasteiger charge is 2.65. The molecule has 1 fully saturated rings. The summed E-state index contributed by atoms with van der Waals surface area (Å²) < 4.78 is 64.2. The summed E-state index contributed by atoms with van der Waals surface area (Å²) in [6.07, 6.45) is -5.31. The maximum absolute atomic E-state index is 12.8. The van der Waals surface area contributed by atoms with E-state index >= 15 is 0 Å². The van der Waals surface area contributed by atoms with E-state index in [1.165, 1.54) is 0 Å². The first kappa shape index (κ1) is 15.7. The quantitative estimate of drug-likeness (QED) is 0.825. The largest absolute Gasteiger partial charge is 0.407 e. The molecule has 0 aliphatic heterocycles. The molecule has 0 radical (unpaired) electrons. The van der Waals surface area contributed by atoms with E-state index in [1.54, 1.807) is 4.72 Å². The molecule has 3 N–H and O–H groups in total. The van der Waals surface area contributed by atoms with Crippen LogP contribution < -0.4 is 10.5 Å². The van der Waals surface area contributed by atoms with E-state index in [1.807, 2.05) is 0 Å². The lowest BCUT2D eigenvalue weighted by molar-refractivity contribution is -0.160. The van der Waals surface area contributed by atoms with E-state index in [0.717, 1.165) is 12.1 Å². The number of nitrogens with two attached hydrogens (primary N) is 1. The van der Waals surface area contributed by atoms with Gasteiger partial charge >= 0.3 is 6.18 Å². The fraction of sp³-hybridized carbons (Fsp3) is 0.400. The topological polar surface area (TPSA) is 72.2 Å². The molecule has 4 nitrogen and oxygen atoms in total. The summed E-state index contributed by atoms with van der Waals surface area (Å²) in [5.74, 6) is 0.